The molecule has 170 valence electrons. The fraction of sp³-hybridized carbons (Fsp3) is 0.333. The number of non-ortho nitro benzene ring substituents is 1. The minimum atomic E-state index is -3.98. The Kier molecular flexibility index (Phi) is 6.90. The minimum absolute atomic E-state index is 0.0274. The lowest BCUT2D eigenvalue weighted by atomic mass is 10.1. The lowest BCUT2D eigenvalue weighted by molar-refractivity contribution is -0.385. The average molecular weight is 461 g/mol. The number of nitro groups is 1. The molecular formula is C21H24N4O6S. The van der Waals surface area contributed by atoms with Crippen molar-refractivity contribution in [1.82, 2.24) is 10.0 Å². The molecule has 1 atom stereocenters. The van der Waals surface area contributed by atoms with Gasteiger partial charge in [0.2, 0.25) is 21.8 Å². The molecule has 10 nitrogen and oxygen atoms in total. The third-order valence-electron chi connectivity index (χ3n) is 5.38. The normalized spacial score (nSPS) is 16.2. The van der Waals surface area contributed by atoms with Gasteiger partial charge < -0.3 is 10.2 Å². The van der Waals surface area contributed by atoms with Gasteiger partial charge in [0, 0.05) is 37.5 Å². The summed E-state index contributed by atoms with van der Waals surface area (Å²) in [5, 5.41) is 13.4. The highest BCUT2D eigenvalue weighted by Gasteiger charge is 2.37. The van der Waals surface area contributed by atoms with Crippen LogP contribution in [0.3, 0.4) is 0 Å². The van der Waals surface area contributed by atoms with Gasteiger partial charge in [-0.2, -0.15) is 0 Å². The van der Waals surface area contributed by atoms with Crippen molar-refractivity contribution in [3.8, 4) is 0 Å². The maximum absolute atomic E-state index is 12.7. The number of benzene rings is 2. The minimum Gasteiger partial charge on any atom is -0.354 e. The Hall–Kier alpha value is -3.31. The van der Waals surface area contributed by atoms with Gasteiger partial charge in [-0.15, -0.1) is 0 Å². The molecule has 1 fully saturated rings. The lowest BCUT2D eigenvalue weighted by Gasteiger charge is -2.18. The van der Waals surface area contributed by atoms with Crippen LogP contribution in [0.25, 0.3) is 0 Å². The van der Waals surface area contributed by atoms with Crippen molar-refractivity contribution in [1.29, 1.82) is 0 Å². The molecule has 0 radical (unpaired) electrons. The van der Waals surface area contributed by atoms with Crippen molar-refractivity contribution in [2.45, 2.75) is 25.2 Å². The first-order valence-electron chi connectivity index (χ1n) is 10.0. The van der Waals surface area contributed by atoms with E-state index in [1.807, 2.05) is 32.0 Å². The smallest absolute Gasteiger partial charge is 0.270 e. The first-order chi connectivity index (χ1) is 15.1. The second kappa shape index (κ2) is 9.45. The Bertz CT molecular complexity index is 1160. The van der Waals surface area contributed by atoms with Crippen molar-refractivity contribution >= 4 is 33.2 Å². The molecule has 0 spiro atoms. The van der Waals surface area contributed by atoms with Gasteiger partial charge in [-0.25, -0.2) is 13.1 Å². The maximum atomic E-state index is 12.7. The van der Waals surface area contributed by atoms with E-state index in [1.54, 1.807) is 4.90 Å². The van der Waals surface area contributed by atoms with E-state index >= 15 is 0 Å². The van der Waals surface area contributed by atoms with Crippen LogP contribution in [-0.4, -0.2) is 44.8 Å². The quantitative estimate of drug-likeness (QED) is 0.266. The predicted molar refractivity (Wildman–Crippen MR) is 118 cm³/mol. The molecule has 0 aliphatic carbocycles. The van der Waals surface area contributed by atoms with Gasteiger partial charge in [-0.1, -0.05) is 12.1 Å². The maximum Gasteiger partial charge on any atom is 0.270 e. The Balaban J connectivity index is 1.53. The zero-order valence-electron chi connectivity index (χ0n) is 17.7. The van der Waals surface area contributed by atoms with Gasteiger partial charge in [-0.05, 0) is 49.6 Å². The van der Waals surface area contributed by atoms with Crippen LogP contribution < -0.4 is 14.9 Å². The molecule has 1 aliphatic heterocycles. The van der Waals surface area contributed by atoms with E-state index in [0.29, 0.717) is 13.0 Å². The van der Waals surface area contributed by atoms with E-state index < -0.39 is 26.8 Å². The third-order valence-corrected chi connectivity index (χ3v) is 6.84. The van der Waals surface area contributed by atoms with Crippen LogP contribution in [0.15, 0.2) is 47.4 Å². The number of aryl methyl sites for hydroxylation is 2. The molecule has 2 aromatic rings. The zero-order valence-corrected chi connectivity index (χ0v) is 18.5. The van der Waals surface area contributed by atoms with Crippen LogP contribution in [0.5, 0.6) is 0 Å². The van der Waals surface area contributed by atoms with Crippen molar-refractivity contribution in [2.75, 3.05) is 24.5 Å². The Morgan fingerprint density at radius 1 is 1.16 bits per heavy atom. The SMILES string of the molecule is Cc1ccc(N2CCC(C(=O)NCCNS(=O)(=O)c3cccc([N+](=O)[O-])c3)C2=O)cc1C. The highest BCUT2D eigenvalue weighted by Crippen LogP contribution is 2.27. The van der Waals surface area contributed by atoms with E-state index in [-0.39, 0.29) is 29.6 Å². The van der Waals surface area contributed by atoms with Gasteiger partial charge in [0.15, 0.2) is 0 Å². The second-order valence-electron chi connectivity index (χ2n) is 7.54. The van der Waals surface area contributed by atoms with E-state index in [9.17, 15) is 28.1 Å². The number of anilines is 1. The van der Waals surface area contributed by atoms with Crippen LogP contribution in [0, 0.1) is 29.9 Å². The summed E-state index contributed by atoms with van der Waals surface area (Å²) in [7, 11) is -3.98. The number of hydrogen-bond donors (Lipinski definition) is 2. The number of hydrogen-bond acceptors (Lipinski definition) is 6. The third kappa shape index (κ3) is 5.11. The number of nitrogens with zero attached hydrogens (tertiary/aromatic N) is 2. The average Bonchev–Trinajstić information content (AvgIpc) is 3.14. The van der Waals surface area contributed by atoms with E-state index in [0.717, 1.165) is 22.9 Å². The molecule has 32 heavy (non-hydrogen) atoms. The van der Waals surface area contributed by atoms with E-state index in [2.05, 4.69) is 10.0 Å². The van der Waals surface area contributed by atoms with E-state index in [1.165, 1.54) is 18.2 Å². The number of rotatable bonds is 8. The first-order valence-corrected chi connectivity index (χ1v) is 11.5. The molecule has 2 amide bonds. The summed E-state index contributed by atoms with van der Waals surface area (Å²) in [5.74, 6) is -1.58. The van der Waals surface area contributed by atoms with Gasteiger partial charge in [-0.3, -0.25) is 19.7 Å². The van der Waals surface area contributed by atoms with Crippen molar-refractivity contribution in [3.05, 3.63) is 63.7 Å². The highest BCUT2D eigenvalue weighted by atomic mass is 32.2. The predicted octanol–water partition coefficient (Wildman–Crippen LogP) is 1.66. The van der Waals surface area contributed by atoms with Crippen molar-refractivity contribution < 1.29 is 22.9 Å². The fourth-order valence-corrected chi connectivity index (χ4v) is 4.49. The molecule has 0 bridgehead atoms. The van der Waals surface area contributed by atoms with Gasteiger partial charge >= 0.3 is 0 Å². The second-order valence-corrected chi connectivity index (χ2v) is 9.31. The monoisotopic (exact) mass is 460 g/mol. The molecule has 1 unspecified atom stereocenters. The fourth-order valence-electron chi connectivity index (χ4n) is 3.41. The summed E-state index contributed by atoms with van der Waals surface area (Å²) in [6.45, 7) is 4.21. The van der Waals surface area contributed by atoms with Crippen molar-refractivity contribution in [2.24, 2.45) is 5.92 Å². The summed E-state index contributed by atoms with van der Waals surface area (Å²) in [6.07, 6.45) is 0.372. The largest absolute Gasteiger partial charge is 0.354 e. The Morgan fingerprint density at radius 3 is 2.59 bits per heavy atom. The molecule has 2 aromatic carbocycles. The number of amides is 2. The summed E-state index contributed by atoms with van der Waals surface area (Å²) >= 11 is 0. The van der Waals surface area contributed by atoms with Crippen LogP contribution in [-0.2, 0) is 19.6 Å². The number of nitrogens with one attached hydrogen (secondary N) is 2. The summed E-state index contributed by atoms with van der Waals surface area (Å²) in [5.41, 5.74) is 2.58. The van der Waals surface area contributed by atoms with Crippen LogP contribution >= 0.6 is 0 Å². The standard InChI is InChI=1S/C21H24N4O6S/c1-14-6-7-16(12-15(14)2)24-11-8-19(21(24)27)20(26)22-9-10-23-32(30,31)18-5-3-4-17(13-18)25(28)29/h3-7,12-13,19,23H,8-11H2,1-2H3,(H,22,26). The highest BCUT2D eigenvalue weighted by molar-refractivity contribution is 7.89. The lowest BCUT2D eigenvalue weighted by Crippen LogP contribution is -2.40. The van der Waals surface area contributed by atoms with Gasteiger partial charge in [0.1, 0.15) is 5.92 Å². The molecule has 1 heterocycles. The molecule has 1 saturated heterocycles. The molecule has 2 N–H and O–H groups in total. The molecule has 0 aromatic heterocycles. The summed E-state index contributed by atoms with van der Waals surface area (Å²) in [6, 6.07) is 10.4. The molecule has 1 aliphatic rings. The zero-order chi connectivity index (χ0) is 23.5. The summed E-state index contributed by atoms with van der Waals surface area (Å²) < 4.78 is 26.9. The Morgan fingerprint density at radius 2 is 1.91 bits per heavy atom. The van der Waals surface area contributed by atoms with Crippen LogP contribution in [0.4, 0.5) is 11.4 Å². The van der Waals surface area contributed by atoms with Crippen LogP contribution in [0.2, 0.25) is 0 Å². The van der Waals surface area contributed by atoms with Crippen LogP contribution in [0.1, 0.15) is 17.5 Å². The molecule has 3 rings (SSSR count). The number of carbonyl (C=O) groups excluding carboxylic acids is 2. The number of nitro benzene ring substituents is 1. The number of sulfonamides is 1. The van der Waals surface area contributed by atoms with E-state index in [4.69, 9.17) is 0 Å². The van der Waals surface area contributed by atoms with Gasteiger partial charge in [0.05, 0.1) is 9.82 Å². The molecular weight excluding hydrogens is 436 g/mol. The topological polar surface area (TPSA) is 139 Å². The molecule has 0 saturated carbocycles. The Labute approximate surface area is 185 Å². The number of carbonyl (C=O) groups is 2. The van der Waals surface area contributed by atoms with Gasteiger partial charge in [0.25, 0.3) is 5.69 Å². The van der Waals surface area contributed by atoms with Crippen molar-refractivity contribution in [3.63, 3.8) is 0 Å². The molecule has 11 heteroatoms. The first kappa shape index (κ1) is 23.4. The summed E-state index contributed by atoms with van der Waals surface area (Å²) in [4.78, 5) is 36.6.